The van der Waals surface area contributed by atoms with Crippen LogP contribution in [0, 0.1) is 16.6 Å². The van der Waals surface area contributed by atoms with Crippen molar-refractivity contribution in [2.75, 3.05) is 5.73 Å². The minimum Gasteiger partial charge on any atom is -0.481 e. The summed E-state index contributed by atoms with van der Waals surface area (Å²) in [5.41, 5.74) is 7.80. The molecule has 0 bridgehead atoms. The average molecular weight is 571 g/mol. The summed E-state index contributed by atoms with van der Waals surface area (Å²) in [6.45, 7) is 1.90. The van der Waals surface area contributed by atoms with Gasteiger partial charge in [0.2, 0.25) is 0 Å². The van der Waals surface area contributed by atoms with Crippen molar-refractivity contribution in [2.45, 2.75) is 19.8 Å². The Bertz CT molecular complexity index is 449. The van der Waals surface area contributed by atoms with Crippen LogP contribution in [-0.2, 0) is 11.2 Å². The summed E-state index contributed by atoms with van der Waals surface area (Å²) in [5, 5.41) is 9.08. The Kier molecular flexibility index (Phi) is 6.23. The number of halogens is 3. The number of rotatable bonds is 4. The van der Waals surface area contributed by atoms with E-state index in [1.807, 2.05) is 13.0 Å². The van der Waals surface area contributed by atoms with Crippen molar-refractivity contribution < 1.29 is 9.90 Å². The van der Waals surface area contributed by atoms with Crippen LogP contribution in [0.25, 0.3) is 0 Å². The molecule has 0 heterocycles. The van der Waals surface area contributed by atoms with Gasteiger partial charge in [0, 0.05) is 7.14 Å². The largest absolute Gasteiger partial charge is 0.481 e. The molecule has 1 rings (SSSR count). The molecule has 1 aromatic rings. The fourth-order valence-electron chi connectivity index (χ4n) is 1.50. The van der Waals surface area contributed by atoms with E-state index in [0.29, 0.717) is 12.8 Å². The number of carboxylic acid groups (broad SMARTS) is 1. The third-order valence-electron chi connectivity index (χ3n) is 2.57. The van der Waals surface area contributed by atoms with E-state index in [1.165, 1.54) is 0 Å². The van der Waals surface area contributed by atoms with Crippen molar-refractivity contribution in [2.24, 2.45) is 5.92 Å². The SMILES string of the molecule is CCC(Cc1cc(I)c(I)c(N)c1I)C(=O)O. The number of nitrogens with two attached hydrogens (primary N) is 1. The van der Waals surface area contributed by atoms with E-state index in [2.05, 4.69) is 67.8 Å². The highest BCUT2D eigenvalue weighted by Crippen LogP contribution is 2.31. The fraction of sp³-hybridized carbons (Fsp3) is 0.364. The number of carbonyl (C=O) groups is 1. The van der Waals surface area contributed by atoms with Crippen LogP contribution in [0.3, 0.4) is 0 Å². The summed E-state index contributed by atoms with van der Waals surface area (Å²) in [6, 6.07) is 2.03. The minimum atomic E-state index is -0.740. The van der Waals surface area contributed by atoms with Gasteiger partial charge in [0.15, 0.2) is 0 Å². The number of carboxylic acids is 1. The number of benzene rings is 1. The summed E-state index contributed by atoms with van der Waals surface area (Å²) in [6.07, 6.45) is 1.18. The van der Waals surface area contributed by atoms with E-state index in [-0.39, 0.29) is 5.92 Å². The van der Waals surface area contributed by atoms with Crippen LogP contribution in [-0.4, -0.2) is 11.1 Å². The molecule has 6 heteroatoms. The molecule has 0 spiro atoms. The van der Waals surface area contributed by atoms with Gasteiger partial charge < -0.3 is 10.8 Å². The van der Waals surface area contributed by atoms with E-state index < -0.39 is 5.97 Å². The Morgan fingerprint density at radius 1 is 1.41 bits per heavy atom. The zero-order valence-electron chi connectivity index (χ0n) is 9.14. The Hall–Kier alpha value is 0.680. The number of anilines is 1. The van der Waals surface area contributed by atoms with Gasteiger partial charge in [-0.3, -0.25) is 4.79 Å². The first-order valence-electron chi connectivity index (χ1n) is 5.03. The maximum Gasteiger partial charge on any atom is 0.306 e. The van der Waals surface area contributed by atoms with E-state index in [0.717, 1.165) is 22.0 Å². The Labute approximate surface area is 141 Å². The normalized spacial score (nSPS) is 12.5. The molecule has 1 atom stereocenters. The Balaban J connectivity index is 3.11. The molecule has 0 saturated heterocycles. The lowest BCUT2D eigenvalue weighted by atomic mass is 9.97. The first-order chi connectivity index (χ1) is 7.88. The number of aliphatic carboxylic acids is 1. The first kappa shape index (κ1) is 15.7. The van der Waals surface area contributed by atoms with E-state index in [4.69, 9.17) is 10.8 Å². The van der Waals surface area contributed by atoms with Crippen LogP contribution in [0.4, 0.5) is 5.69 Å². The maximum atomic E-state index is 11.0. The highest BCUT2D eigenvalue weighted by Gasteiger charge is 2.19. The van der Waals surface area contributed by atoms with Gasteiger partial charge in [-0.15, -0.1) is 0 Å². The van der Waals surface area contributed by atoms with Crippen LogP contribution in [0.5, 0.6) is 0 Å². The summed E-state index contributed by atoms with van der Waals surface area (Å²) >= 11 is 6.64. The van der Waals surface area contributed by atoms with E-state index >= 15 is 0 Å². The summed E-state index contributed by atoms with van der Waals surface area (Å²) in [4.78, 5) is 11.0. The molecule has 0 fully saturated rings. The molecule has 3 nitrogen and oxygen atoms in total. The topological polar surface area (TPSA) is 63.3 Å². The molecule has 0 aliphatic heterocycles. The molecule has 0 aliphatic rings. The minimum absolute atomic E-state index is 0.334. The van der Waals surface area contributed by atoms with Gasteiger partial charge >= 0.3 is 5.97 Å². The van der Waals surface area contributed by atoms with E-state index in [1.54, 1.807) is 0 Å². The number of hydrogen-bond acceptors (Lipinski definition) is 2. The molecule has 17 heavy (non-hydrogen) atoms. The zero-order chi connectivity index (χ0) is 13.2. The molecule has 0 aromatic heterocycles. The van der Waals surface area contributed by atoms with Gasteiger partial charge in [0.05, 0.1) is 15.2 Å². The molecular weight excluding hydrogens is 559 g/mol. The van der Waals surface area contributed by atoms with Crippen LogP contribution >= 0.6 is 67.8 Å². The lowest BCUT2D eigenvalue weighted by molar-refractivity contribution is -0.141. The van der Waals surface area contributed by atoms with Crippen LogP contribution < -0.4 is 5.73 Å². The highest BCUT2D eigenvalue weighted by atomic mass is 127. The highest BCUT2D eigenvalue weighted by molar-refractivity contribution is 14.1. The lowest BCUT2D eigenvalue weighted by Gasteiger charge is -2.14. The molecule has 0 radical (unpaired) electrons. The van der Waals surface area contributed by atoms with Crippen molar-refractivity contribution in [1.82, 2.24) is 0 Å². The number of nitrogen functional groups attached to an aromatic ring is 1. The molecule has 1 aromatic carbocycles. The first-order valence-corrected chi connectivity index (χ1v) is 8.26. The smallest absolute Gasteiger partial charge is 0.306 e. The van der Waals surface area contributed by atoms with Gasteiger partial charge in [-0.05, 0) is 92.2 Å². The zero-order valence-corrected chi connectivity index (χ0v) is 15.6. The molecule has 0 saturated carbocycles. The molecule has 3 N–H and O–H groups in total. The molecular formula is C11H12I3NO2. The second-order valence-electron chi connectivity index (χ2n) is 3.71. The standard InChI is InChI=1S/C11H12I3NO2/c1-2-5(11(16)17)3-6-4-7(12)9(14)10(15)8(6)13/h4-5H,2-3,15H2,1H3,(H,16,17). The van der Waals surface area contributed by atoms with Crippen molar-refractivity contribution >= 4 is 79.4 Å². The molecule has 1 unspecified atom stereocenters. The van der Waals surface area contributed by atoms with Crippen molar-refractivity contribution in [1.29, 1.82) is 0 Å². The van der Waals surface area contributed by atoms with Gasteiger partial charge in [0.1, 0.15) is 0 Å². The fourth-order valence-corrected chi connectivity index (χ4v) is 3.75. The van der Waals surface area contributed by atoms with Gasteiger partial charge in [0.25, 0.3) is 0 Å². The van der Waals surface area contributed by atoms with Crippen LogP contribution in [0.2, 0.25) is 0 Å². The summed E-state index contributed by atoms with van der Waals surface area (Å²) < 4.78 is 3.10. The maximum absolute atomic E-state index is 11.0. The lowest BCUT2D eigenvalue weighted by Crippen LogP contribution is -2.16. The third kappa shape index (κ3) is 3.82. The van der Waals surface area contributed by atoms with Gasteiger partial charge in [-0.25, -0.2) is 0 Å². The molecule has 94 valence electrons. The van der Waals surface area contributed by atoms with Gasteiger partial charge in [-0.1, -0.05) is 6.92 Å². The van der Waals surface area contributed by atoms with Gasteiger partial charge in [-0.2, -0.15) is 0 Å². The van der Waals surface area contributed by atoms with Crippen LogP contribution in [0.1, 0.15) is 18.9 Å². The van der Waals surface area contributed by atoms with Crippen LogP contribution in [0.15, 0.2) is 6.07 Å². The Morgan fingerprint density at radius 3 is 2.47 bits per heavy atom. The van der Waals surface area contributed by atoms with Crippen molar-refractivity contribution in [3.05, 3.63) is 22.3 Å². The molecule has 0 amide bonds. The summed E-state index contributed by atoms with van der Waals surface area (Å²) in [5.74, 6) is -1.07. The number of hydrogen-bond donors (Lipinski definition) is 2. The average Bonchev–Trinajstić information content (AvgIpc) is 2.29. The van der Waals surface area contributed by atoms with Crippen molar-refractivity contribution in [3.63, 3.8) is 0 Å². The Morgan fingerprint density at radius 2 is 2.00 bits per heavy atom. The second-order valence-corrected chi connectivity index (χ2v) is 7.03. The molecule has 0 aliphatic carbocycles. The quantitative estimate of drug-likeness (QED) is 0.329. The third-order valence-corrected chi connectivity index (χ3v) is 6.89. The van der Waals surface area contributed by atoms with Crippen molar-refractivity contribution in [3.8, 4) is 0 Å². The predicted octanol–water partition coefficient (Wildman–Crippen LogP) is 3.74. The second kappa shape index (κ2) is 6.73. The summed E-state index contributed by atoms with van der Waals surface area (Å²) in [7, 11) is 0. The monoisotopic (exact) mass is 571 g/mol. The predicted molar refractivity (Wildman–Crippen MR) is 94.1 cm³/mol. The van der Waals surface area contributed by atoms with E-state index in [9.17, 15) is 4.79 Å².